The van der Waals surface area contributed by atoms with Crippen molar-refractivity contribution in [3.05, 3.63) is 60.2 Å². The summed E-state index contributed by atoms with van der Waals surface area (Å²) < 4.78 is 18.0. The lowest BCUT2D eigenvalue weighted by Gasteiger charge is -2.32. The van der Waals surface area contributed by atoms with E-state index < -0.39 is 11.9 Å². The van der Waals surface area contributed by atoms with Crippen LogP contribution in [0.15, 0.2) is 54.6 Å². The first-order valence-electron chi connectivity index (χ1n) is 10.2. The Kier molecular flexibility index (Phi) is 10.3. The number of carboxylic acids is 2. The second-order valence-electron chi connectivity index (χ2n) is 6.73. The molecule has 2 aromatic rings. The Balaban J connectivity index is 0.000000366. The Bertz CT molecular complexity index is 793. The van der Waals surface area contributed by atoms with Crippen LogP contribution in [0.25, 0.3) is 0 Å². The Hall–Kier alpha value is -3.10. The van der Waals surface area contributed by atoms with Gasteiger partial charge in [-0.25, -0.2) is 0 Å². The van der Waals surface area contributed by atoms with Gasteiger partial charge in [0.05, 0.1) is 26.1 Å². The number of morpholine rings is 1. The Labute approximate surface area is 181 Å². The predicted molar refractivity (Wildman–Crippen MR) is 115 cm³/mol. The highest BCUT2D eigenvalue weighted by Crippen LogP contribution is 2.33. The van der Waals surface area contributed by atoms with E-state index in [1.54, 1.807) is 0 Å². The van der Waals surface area contributed by atoms with Gasteiger partial charge in [0.15, 0.2) is 17.6 Å². The van der Waals surface area contributed by atoms with Gasteiger partial charge in [-0.15, -0.1) is 0 Å². The maximum atomic E-state index is 9.64. The van der Waals surface area contributed by atoms with Gasteiger partial charge in [-0.05, 0) is 24.6 Å². The van der Waals surface area contributed by atoms with E-state index >= 15 is 0 Å². The highest BCUT2D eigenvalue weighted by Gasteiger charge is 2.28. The smallest absolute Gasteiger partial charge is 0.303 e. The monoisotopic (exact) mass is 431 g/mol. The van der Waals surface area contributed by atoms with Crippen LogP contribution in [0.4, 0.5) is 0 Å². The predicted octanol–water partition coefficient (Wildman–Crippen LogP) is 3.13. The second-order valence-corrected chi connectivity index (χ2v) is 6.73. The SMILES string of the molecule is CCOc1ccccc1OC(c1ccccc1)[C@@H]1CNCCO1.O=C(O)CCC(=O)O. The van der Waals surface area contributed by atoms with Crippen molar-refractivity contribution in [3.63, 3.8) is 0 Å². The van der Waals surface area contributed by atoms with Crippen LogP contribution >= 0.6 is 0 Å². The Morgan fingerprint density at radius 2 is 1.65 bits per heavy atom. The number of hydrogen-bond acceptors (Lipinski definition) is 6. The lowest BCUT2D eigenvalue weighted by Crippen LogP contribution is -2.43. The molecule has 3 N–H and O–H groups in total. The zero-order valence-corrected chi connectivity index (χ0v) is 17.5. The summed E-state index contributed by atoms with van der Waals surface area (Å²) in [5, 5.41) is 19.2. The molecule has 1 heterocycles. The maximum Gasteiger partial charge on any atom is 0.303 e. The summed E-state index contributed by atoms with van der Waals surface area (Å²) >= 11 is 0. The third kappa shape index (κ3) is 8.65. The number of carboxylic acid groups (broad SMARTS) is 2. The molecule has 0 aromatic heterocycles. The summed E-state index contributed by atoms with van der Waals surface area (Å²) in [6, 6.07) is 18.0. The van der Waals surface area contributed by atoms with Crippen molar-refractivity contribution in [1.29, 1.82) is 0 Å². The van der Waals surface area contributed by atoms with Crippen molar-refractivity contribution in [1.82, 2.24) is 5.32 Å². The molecule has 1 saturated heterocycles. The first-order chi connectivity index (χ1) is 15.0. The average molecular weight is 431 g/mol. The van der Waals surface area contributed by atoms with E-state index in [1.807, 2.05) is 49.4 Å². The summed E-state index contributed by atoms with van der Waals surface area (Å²) in [6.45, 7) is 4.94. The molecule has 1 fully saturated rings. The van der Waals surface area contributed by atoms with E-state index in [2.05, 4.69) is 17.4 Å². The summed E-state index contributed by atoms with van der Waals surface area (Å²) in [4.78, 5) is 19.3. The van der Waals surface area contributed by atoms with Gasteiger partial charge in [-0.2, -0.15) is 0 Å². The van der Waals surface area contributed by atoms with Crippen LogP contribution < -0.4 is 14.8 Å². The number of hydrogen-bond donors (Lipinski definition) is 3. The zero-order chi connectivity index (χ0) is 22.5. The molecule has 0 saturated carbocycles. The molecule has 1 unspecified atom stereocenters. The highest BCUT2D eigenvalue weighted by atomic mass is 16.6. The molecular weight excluding hydrogens is 402 g/mol. The third-order valence-electron chi connectivity index (χ3n) is 4.38. The third-order valence-corrected chi connectivity index (χ3v) is 4.38. The molecule has 1 aliphatic heterocycles. The molecule has 31 heavy (non-hydrogen) atoms. The molecule has 2 aromatic carbocycles. The first kappa shape index (κ1) is 24.2. The van der Waals surface area contributed by atoms with Gasteiger partial charge in [0, 0.05) is 13.1 Å². The molecule has 8 heteroatoms. The molecule has 2 atom stereocenters. The van der Waals surface area contributed by atoms with Crippen LogP contribution in [0.3, 0.4) is 0 Å². The van der Waals surface area contributed by atoms with Crippen molar-refractivity contribution in [2.75, 3.05) is 26.3 Å². The molecule has 3 rings (SSSR count). The van der Waals surface area contributed by atoms with Crippen molar-refractivity contribution >= 4 is 11.9 Å². The van der Waals surface area contributed by atoms with E-state index in [0.29, 0.717) is 13.2 Å². The summed E-state index contributed by atoms with van der Waals surface area (Å²) in [5.41, 5.74) is 1.10. The molecule has 0 spiro atoms. The number of rotatable bonds is 9. The Morgan fingerprint density at radius 1 is 1.03 bits per heavy atom. The van der Waals surface area contributed by atoms with Gasteiger partial charge >= 0.3 is 11.9 Å². The number of nitrogens with one attached hydrogen (secondary N) is 1. The average Bonchev–Trinajstić information content (AvgIpc) is 2.79. The molecule has 0 amide bonds. The zero-order valence-electron chi connectivity index (χ0n) is 17.5. The fraction of sp³-hybridized carbons (Fsp3) is 0.391. The quantitative estimate of drug-likeness (QED) is 0.555. The van der Waals surface area contributed by atoms with E-state index in [0.717, 1.165) is 30.2 Å². The number of carbonyl (C=O) groups is 2. The minimum atomic E-state index is -1.08. The van der Waals surface area contributed by atoms with Crippen LogP contribution in [0.1, 0.15) is 31.4 Å². The topological polar surface area (TPSA) is 114 Å². The summed E-state index contributed by atoms with van der Waals surface area (Å²) in [5.74, 6) is -0.642. The normalized spacial score (nSPS) is 16.4. The number of benzene rings is 2. The fourth-order valence-corrected chi connectivity index (χ4v) is 2.95. The molecular formula is C23H29NO7. The summed E-state index contributed by atoms with van der Waals surface area (Å²) in [7, 11) is 0. The number of para-hydroxylation sites is 2. The first-order valence-corrected chi connectivity index (χ1v) is 10.2. The number of ether oxygens (including phenoxy) is 3. The summed E-state index contributed by atoms with van der Waals surface area (Å²) in [6.07, 6.45) is -0.795. The van der Waals surface area contributed by atoms with Crippen molar-refractivity contribution < 1.29 is 34.0 Å². The largest absolute Gasteiger partial charge is 0.490 e. The van der Waals surface area contributed by atoms with E-state index in [4.69, 9.17) is 24.4 Å². The highest BCUT2D eigenvalue weighted by molar-refractivity contribution is 5.75. The van der Waals surface area contributed by atoms with Crippen LogP contribution in [-0.2, 0) is 14.3 Å². The Morgan fingerprint density at radius 3 is 2.19 bits per heavy atom. The second kappa shape index (κ2) is 13.3. The molecule has 1 aliphatic rings. The van der Waals surface area contributed by atoms with Gasteiger partial charge in [0.2, 0.25) is 0 Å². The van der Waals surface area contributed by atoms with Crippen molar-refractivity contribution in [2.45, 2.75) is 32.0 Å². The molecule has 8 nitrogen and oxygen atoms in total. The molecule has 168 valence electrons. The van der Waals surface area contributed by atoms with Crippen molar-refractivity contribution in [2.24, 2.45) is 0 Å². The van der Waals surface area contributed by atoms with E-state index in [-0.39, 0.29) is 25.0 Å². The minimum Gasteiger partial charge on any atom is -0.490 e. The van der Waals surface area contributed by atoms with Crippen LogP contribution in [0.2, 0.25) is 0 Å². The molecule has 0 aliphatic carbocycles. The molecule has 0 bridgehead atoms. The van der Waals surface area contributed by atoms with Crippen LogP contribution in [-0.4, -0.2) is 54.6 Å². The van der Waals surface area contributed by atoms with E-state index in [9.17, 15) is 9.59 Å². The van der Waals surface area contributed by atoms with Gasteiger partial charge in [0.1, 0.15) is 6.10 Å². The fourth-order valence-electron chi connectivity index (χ4n) is 2.95. The van der Waals surface area contributed by atoms with Crippen molar-refractivity contribution in [3.8, 4) is 11.5 Å². The lowest BCUT2D eigenvalue weighted by atomic mass is 10.0. The van der Waals surface area contributed by atoms with E-state index in [1.165, 1.54) is 0 Å². The minimum absolute atomic E-state index is 0.0270. The molecule has 0 radical (unpaired) electrons. The number of aliphatic carboxylic acids is 2. The van der Waals surface area contributed by atoms with Gasteiger partial charge in [0.25, 0.3) is 0 Å². The van der Waals surface area contributed by atoms with Gasteiger partial charge in [-0.1, -0.05) is 42.5 Å². The van der Waals surface area contributed by atoms with Crippen LogP contribution in [0, 0.1) is 0 Å². The maximum absolute atomic E-state index is 9.64. The van der Waals surface area contributed by atoms with Crippen LogP contribution in [0.5, 0.6) is 11.5 Å². The van der Waals surface area contributed by atoms with Gasteiger partial charge < -0.3 is 29.7 Å². The van der Waals surface area contributed by atoms with Gasteiger partial charge in [-0.3, -0.25) is 9.59 Å². The standard InChI is InChI=1S/C19H23NO3.C4H6O4/c1-2-21-16-10-6-7-11-17(16)23-19(15-8-4-3-5-9-15)18-14-20-12-13-22-18;5-3(6)1-2-4(7)8/h3-11,18-20H,2,12-14H2,1H3;1-2H2,(H,5,6)(H,7,8)/t18-,19?;/m0./s1. The lowest BCUT2D eigenvalue weighted by molar-refractivity contribution is -0.143.